The Morgan fingerprint density at radius 2 is 1.93 bits per heavy atom. The molecule has 5 heterocycles. The Morgan fingerprint density at radius 3 is 2.72 bits per heavy atom. The van der Waals surface area contributed by atoms with E-state index in [0.29, 0.717) is 6.04 Å². The van der Waals surface area contributed by atoms with Gasteiger partial charge < -0.3 is 8.98 Å². The van der Waals surface area contributed by atoms with E-state index in [1.807, 2.05) is 24.5 Å². The molecule has 2 aliphatic heterocycles. The molecule has 0 aliphatic carbocycles. The van der Waals surface area contributed by atoms with Crippen LogP contribution in [-0.4, -0.2) is 61.8 Å². The molecule has 2 aliphatic rings. The monoisotopic (exact) mass is 392 g/mol. The third kappa shape index (κ3) is 4.26. The maximum Gasteiger partial charge on any atom is 0.137 e. The van der Waals surface area contributed by atoms with Gasteiger partial charge in [-0.1, -0.05) is 6.07 Å². The van der Waals surface area contributed by atoms with Gasteiger partial charge in [-0.3, -0.25) is 14.8 Å². The number of pyridine rings is 1. The van der Waals surface area contributed by atoms with Crippen molar-refractivity contribution in [3.63, 3.8) is 0 Å². The van der Waals surface area contributed by atoms with Crippen molar-refractivity contribution >= 4 is 0 Å². The van der Waals surface area contributed by atoms with Gasteiger partial charge in [-0.25, -0.2) is 0 Å². The minimum Gasteiger partial charge on any atom is -0.468 e. The summed E-state index contributed by atoms with van der Waals surface area (Å²) in [7, 11) is 0. The zero-order valence-corrected chi connectivity index (χ0v) is 16.8. The molecule has 0 aromatic carbocycles. The highest BCUT2D eigenvalue weighted by molar-refractivity contribution is 5.15. The Balaban J connectivity index is 1.17. The Morgan fingerprint density at radius 1 is 1.00 bits per heavy atom. The largest absolute Gasteiger partial charge is 0.468 e. The van der Waals surface area contributed by atoms with Gasteiger partial charge in [0.2, 0.25) is 0 Å². The molecule has 0 saturated carbocycles. The molecule has 0 radical (unpaired) electrons. The zero-order valence-electron chi connectivity index (χ0n) is 16.8. The molecule has 0 bridgehead atoms. The molecule has 7 heteroatoms. The predicted octanol–water partition coefficient (Wildman–Crippen LogP) is 2.38. The van der Waals surface area contributed by atoms with Crippen molar-refractivity contribution in [1.29, 1.82) is 0 Å². The number of rotatable bonds is 5. The van der Waals surface area contributed by atoms with Crippen LogP contribution in [0.5, 0.6) is 0 Å². The lowest BCUT2D eigenvalue weighted by Crippen LogP contribution is -2.45. The lowest BCUT2D eigenvalue weighted by Gasteiger charge is -2.37. The second kappa shape index (κ2) is 8.47. The van der Waals surface area contributed by atoms with Crippen LogP contribution in [0.1, 0.15) is 35.8 Å². The molecule has 3 aromatic rings. The highest BCUT2D eigenvalue weighted by Gasteiger charge is 2.27. The first-order chi connectivity index (χ1) is 14.3. The van der Waals surface area contributed by atoms with E-state index in [0.717, 1.165) is 69.5 Å². The SMILES string of the molecule is c1cncc(Cc2nnc3n2CCN(C2CCN(Cc4ccco4)CC2)CC3)c1. The highest BCUT2D eigenvalue weighted by atomic mass is 16.3. The summed E-state index contributed by atoms with van der Waals surface area (Å²) in [6.07, 6.45) is 9.72. The van der Waals surface area contributed by atoms with Gasteiger partial charge in [-0.15, -0.1) is 10.2 Å². The topological polar surface area (TPSA) is 63.2 Å². The van der Waals surface area contributed by atoms with E-state index in [1.54, 1.807) is 6.26 Å². The summed E-state index contributed by atoms with van der Waals surface area (Å²) in [5, 5.41) is 8.96. The van der Waals surface area contributed by atoms with Gasteiger partial charge in [0.1, 0.15) is 17.4 Å². The average molecular weight is 393 g/mol. The van der Waals surface area contributed by atoms with Crippen LogP contribution < -0.4 is 0 Å². The molecule has 0 spiro atoms. The molecular weight excluding hydrogens is 364 g/mol. The Hall–Kier alpha value is -2.51. The van der Waals surface area contributed by atoms with Crippen molar-refractivity contribution in [1.82, 2.24) is 29.5 Å². The van der Waals surface area contributed by atoms with Gasteiger partial charge in [-0.05, 0) is 36.6 Å². The van der Waals surface area contributed by atoms with Crippen molar-refractivity contribution in [3.8, 4) is 0 Å². The predicted molar refractivity (Wildman–Crippen MR) is 109 cm³/mol. The summed E-state index contributed by atoms with van der Waals surface area (Å²) in [6, 6.07) is 8.80. The molecule has 5 rings (SSSR count). The van der Waals surface area contributed by atoms with Crippen LogP contribution in [0.25, 0.3) is 0 Å². The van der Waals surface area contributed by atoms with Crippen molar-refractivity contribution in [2.24, 2.45) is 0 Å². The number of fused-ring (bicyclic) bond motifs is 1. The Labute approximate surface area is 171 Å². The van der Waals surface area contributed by atoms with Gasteiger partial charge in [0.25, 0.3) is 0 Å². The lowest BCUT2D eigenvalue weighted by atomic mass is 10.0. The number of nitrogens with zero attached hydrogens (tertiary/aromatic N) is 6. The number of furan rings is 1. The molecule has 7 nitrogen and oxygen atoms in total. The fourth-order valence-corrected chi connectivity index (χ4v) is 4.65. The molecule has 1 saturated heterocycles. The smallest absolute Gasteiger partial charge is 0.137 e. The minimum absolute atomic E-state index is 0.669. The van der Waals surface area contributed by atoms with E-state index < -0.39 is 0 Å². The number of piperidine rings is 1. The standard InChI is InChI=1S/C22H28N6O/c1-3-18(16-23-8-1)15-22-25-24-21-7-11-27(12-13-28(21)22)19-5-9-26(10-6-19)17-20-4-2-14-29-20/h1-4,8,14,16,19H,5-7,9-13,15,17H2. The molecule has 0 atom stereocenters. The summed E-state index contributed by atoms with van der Waals surface area (Å²) in [5.41, 5.74) is 1.19. The van der Waals surface area contributed by atoms with E-state index >= 15 is 0 Å². The van der Waals surface area contributed by atoms with Crippen LogP contribution in [0.15, 0.2) is 47.3 Å². The molecule has 29 heavy (non-hydrogen) atoms. The summed E-state index contributed by atoms with van der Waals surface area (Å²) < 4.78 is 7.84. The fraction of sp³-hybridized carbons (Fsp3) is 0.500. The quantitative estimate of drug-likeness (QED) is 0.664. The first kappa shape index (κ1) is 18.5. The molecule has 0 unspecified atom stereocenters. The van der Waals surface area contributed by atoms with E-state index in [2.05, 4.69) is 41.7 Å². The van der Waals surface area contributed by atoms with Gasteiger partial charge in [0, 0.05) is 64.0 Å². The van der Waals surface area contributed by atoms with Crippen molar-refractivity contribution in [2.75, 3.05) is 26.2 Å². The van der Waals surface area contributed by atoms with Crippen LogP contribution in [0, 0.1) is 0 Å². The van der Waals surface area contributed by atoms with Gasteiger partial charge in [-0.2, -0.15) is 0 Å². The van der Waals surface area contributed by atoms with Crippen molar-refractivity contribution in [3.05, 3.63) is 65.9 Å². The van der Waals surface area contributed by atoms with Gasteiger partial charge >= 0.3 is 0 Å². The van der Waals surface area contributed by atoms with Gasteiger partial charge in [0.15, 0.2) is 0 Å². The number of hydrogen-bond acceptors (Lipinski definition) is 6. The van der Waals surface area contributed by atoms with Crippen LogP contribution in [0.2, 0.25) is 0 Å². The maximum absolute atomic E-state index is 5.51. The van der Waals surface area contributed by atoms with Gasteiger partial charge in [0.05, 0.1) is 12.8 Å². The van der Waals surface area contributed by atoms with E-state index in [1.165, 1.54) is 18.4 Å². The number of aromatic nitrogens is 4. The molecule has 3 aromatic heterocycles. The molecule has 0 amide bonds. The normalized spacial score (nSPS) is 19.2. The second-order valence-electron chi connectivity index (χ2n) is 8.09. The summed E-state index contributed by atoms with van der Waals surface area (Å²) >= 11 is 0. The fourth-order valence-electron chi connectivity index (χ4n) is 4.65. The lowest BCUT2D eigenvalue weighted by molar-refractivity contribution is 0.102. The molecule has 0 N–H and O–H groups in total. The summed E-state index contributed by atoms with van der Waals surface area (Å²) in [5.74, 6) is 3.25. The van der Waals surface area contributed by atoms with E-state index in [-0.39, 0.29) is 0 Å². The van der Waals surface area contributed by atoms with Crippen LogP contribution in [0.4, 0.5) is 0 Å². The Bertz CT molecular complexity index is 899. The van der Waals surface area contributed by atoms with Crippen LogP contribution in [0.3, 0.4) is 0 Å². The summed E-state index contributed by atoms with van der Waals surface area (Å²) in [6.45, 7) is 6.34. The third-order valence-corrected chi connectivity index (χ3v) is 6.26. The average Bonchev–Trinajstić information content (AvgIpc) is 3.35. The van der Waals surface area contributed by atoms with Crippen LogP contribution >= 0.6 is 0 Å². The Kier molecular flexibility index (Phi) is 5.41. The first-order valence-corrected chi connectivity index (χ1v) is 10.6. The maximum atomic E-state index is 5.51. The zero-order chi connectivity index (χ0) is 19.5. The van der Waals surface area contributed by atoms with Crippen molar-refractivity contribution < 1.29 is 4.42 Å². The first-order valence-electron chi connectivity index (χ1n) is 10.6. The number of likely N-dealkylation sites (tertiary alicyclic amines) is 1. The highest BCUT2D eigenvalue weighted by Crippen LogP contribution is 2.21. The molecule has 1 fully saturated rings. The number of hydrogen-bond donors (Lipinski definition) is 0. The molecular formula is C22H28N6O. The minimum atomic E-state index is 0.669. The third-order valence-electron chi connectivity index (χ3n) is 6.26. The molecule has 152 valence electrons. The van der Waals surface area contributed by atoms with E-state index in [4.69, 9.17) is 4.42 Å². The van der Waals surface area contributed by atoms with Crippen molar-refractivity contribution in [2.45, 2.75) is 44.8 Å². The second-order valence-corrected chi connectivity index (χ2v) is 8.09. The summed E-state index contributed by atoms with van der Waals surface area (Å²) in [4.78, 5) is 9.40. The van der Waals surface area contributed by atoms with Crippen LogP contribution in [-0.2, 0) is 25.9 Å². The van der Waals surface area contributed by atoms with E-state index in [9.17, 15) is 0 Å².